The maximum absolute atomic E-state index is 9.20. The number of aromatic hydroxyl groups is 2. The summed E-state index contributed by atoms with van der Waals surface area (Å²) in [5.74, 6) is -0.0589. The van der Waals surface area contributed by atoms with Gasteiger partial charge in [0, 0.05) is 0 Å². The Labute approximate surface area is 72.5 Å². The summed E-state index contributed by atoms with van der Waals surface area (Å²) < 4.78 is 0. The zero-order chi connectivity index (χ0) is 9.14. The summed E-state index contributed by atoms with van der Waals surface area (Å²) in [6, 6.07) is 3.23. The van der Waals surface area contributed by atoms with Crippen LogP contribution >= 0.6 is 0 Å². The third-order valence-electron chi connectivity index (χ3n) is 1.95. The van der Waals surface area contributed by atoms with Crippen LogP contribution < -0.4 is 0 Å². The smallest absolute Gasteiger partial charge is 0.157 e. The Hall–Kier alpha value is -1.18. The maximum Gasteiger partial charge on any atom is 0.157 e. The number of benzene rings is 1. The van der Waals surface area contributed by atoms with Gasteiger partial charge in [0.2, 0.25) is 0 Å². The molecule has 0 aliphatic heterocycles. The number of phenolic OH excluding ortho intramolecular Hbond substituents is 2. The van der Waals surface area contributed by atoms with Crippen LogP contribution in [0.25, 0.3) is 0 Å². The minimum atomic E-state index is -0.0349. The van der Waals surface area contributed by atoms with E-state index in [1.807, 2.05) is 6.92 Å². The molecular weight excluding hydrogens is 152 g/mol. The lowest BCUT2D eigenvalue weighted by Gasteiger charge is -2.06. The molecule has 0 spiro atoms. The first-order valence-corrected chi connectivity index (χ1v) is 4.16. The van der Waals surface area contributed by atoms with Crippen molar-refractivity contribution >= 4 is 0 Å². The van der Waals surface area contributed by atoms with Crippen LogP contribution in [0.4, 0.5) is 0 Å². The molecule has 2 N–H and O–H groups in total. The standard InChI is InChI=1S/C10H14O2/c1-3-4-8-6-10(12)9(11)5-7(8)2/h5-6,11-12H,3-4H2,1-2H3. The van der Waals surface area contributed by atoms with Crippen LogP contribution in [0.1, 0.15) is 24.5 Å². The molecule has 2 heteroatoms. The molecule has 0 bridgehead atoms. The van der Waals surface area contributed by atoms with Crippen molar-refractivity contribution in [2.45, 2.75) is 26.7 Å². The molecular formula is C10H14O2. The van der Waals surface area contributed by atoms with Gasteiger partial charge in [0.25, 0.3) is 0 Å². The third kappa shape index (κ3) is 1.70. The highest BCUT2D eigenvalue weighted by Crippen LogP contribution is 2.28. The quantitative estimate of drug-likeness (QED) is 0.662. The summed E-state index contributed by atoms with van der Waals surface area (Å²) in [7, 11) is 0. The van der Waals surface area contributed by atoms with E-state index in [1.165, 1.54) is 0 Å². The fourth-order valence-corrected chi connectivity index (χ4v) is 1.26. The van der Waals surface area contributed by atoms with E-state index < -0.39 is 0 Å². The van der Waals surface area contributed by atoms with Gasteiger partial charge in [-0.25, -0.2) is 0 Å². The van der Waals surface area contributed by atoms with E-state index in [0.29, 0.717) is 0 Å². The van der Waals surface area contributed by atoms with E-state index in [9.17, 15) is 5.11 Å². The molecule has 0 aliphatic rings. The second kappa shape index (κ2) is 3.48. The molecule has 0 saturated heterocycles. The molecule has 12 heavy (non-hydrogen) atoms. The largest absolute Gasteiger partial charge is 0.504 e. The van der Waals surface area contributed by atoms with E-state index in [0.717, 1.165) is 24.0 Å². The number of hydrogen-bond donors (Lipinski definition) is 2. The van der Waals surface area contributed by atoms with Crippen molar-refractivity contribution in [3.63, 3.8) is 0 Å². The zero-order valence-corrected chi connectivity index (χ0v) is 7.46. The normalized spacial score (nSPS) is 10.2. The Bertz CT molecular complexity index is 279. The minimum Gasteiger partial charge on any atom is -0.504 e. The highest BCUT2D eigenvalue weighted by Gasteiger charge is 2.03. The van der Waals surface area contributed by atoms with Crippen molar-refractivity contribution < 1.29 is 10.2 Å². The van der Waals surface area contributed by atoms with Gasteiger partial charge in [-0.3, -0.25) is 0 Å². The molecule has 0 atom stereocenters. The summed E-state index contributed by atoms with van der Waals surface area (Å²) >= 11 is 0. The molecule has 0 radical (unpaired) electrons. The molecule has 0 heterocycles. The summed E-state index contributed by atoms with van der Waals surface area (Å²) in [5, 5.41) is 18.3. The molecule has 1 aromatic rings. The van der Waals surface area contributed by atoms with Gasteiger partial charge >= 0.3 is 0 Å². The average molecular weight is 166 g/mol. The number of rotatable bonds is 2. The van der Waals surface area contributed by atoms with E-state index >= 15 is 0 Å². The van der Waals surface area contributed by atoms with Gasteiger partial charge in [0.05, 0.1) is 0 Å². The van der Waals surface area contributed by atoms with E-state index in [1.54, 1.807) is 12.1 Å². The fraction of sp³-hybridized carbons (Fsp3) is 0.400. The van der Waals surface area contributed by atoms with Crippen LogP contribution in [0.15, 0.2) is 12.1 Å². The monoisotopic (exact) mass is 166 g/mol. The third-order valence-corrected chi connectivity index (χ3v) is 1.95. The lowest BCUT2D eigenvalue weighted by Crippen LogP contribution is -1.87. The van der Waals surface area contributed by atoms with Crippen LogP contribution in [-0.4, -0.2) is 10.2 Å². The highest BCUT2D eigenvalue weighted by molar-refractivity contribution is 5.45. The molecule has 0 unspecified atom stereocenters. The Morgan fingerprint density at radius 3 is 2.33 bits per heavy atom. The zero-order valence-electron chi connectivity index (χ0n) is 7.46. The Kier molecular flexibility index (Phi) is 2.58. The van der Waals surface area contributed by atoms with Crippen molar-refractivity contribution in [2.24, 2.45) is 0 Å². The Morgan fingerprint density at radius 2 is 1.75 bits per heavy atom. The Balaban J connectivity index is 3.05. The van der Waals surface area contributed by atoms with Crippen LogP contribution in [0.2, 0.25) is 0 Å². The van der Waals surface area contributed by atoms with Gasteiger partial charge in [0.1, 0.15) is 0 Å². The SMILES string of the molecule is CCCc1cc(O)c(O)cc1C. The predicted molar refractivity (Wildman–Crippen MR) is 48.5 cm³/mol. The van der Waals surface area contributed by atoms with Crippen LogP contribution in [0.5, 0.6) is 11.5 Å². The van der Waals surface area contributed by atoms with Gasteiger partial charge in [-0.2, -0.15) is 0 Å². The molecule has 0 aromatic heterocycles. The first-order chi connectivity index (χ1) is 5.65. The van der Waals surface area contributed by atoms with E-state index in [-0.39, 0.29) is 11.5 Å². The van der Waals surface area contributed by atoms with Crippen molar-refractivity contribution in [1.82, 2.24) is 0 Å². The van der Waals surface area contributed by atoms with Gasteiger partial charge in [0.15, 0.2) is 11.5 Å². The second-order valence-corrected chi connectivity index (χ2v) is 3.02. The number of hydrogen-bond acceptors (Lipinski definition) is 2. The molecule has 66 valence electrons. The van der Waals surface area contributed by atoms with Crippen molar-refractivity contribution in [2.75, 3.05) is 0 Å². The molecule has 0 aliphatic carbocycles. The lowest BCUT2D eigenvalue weighted by atomic mass is 10.0. The van der Waals surface area contributed by atoms with Gasteiger partial charge in [-0.1, -0.05) is 13.3 Å². The van der Waals surface area contributed by atoms with Crippen LogP contribution in [0.3, 0.4) is 0 Å². The van der Waals surface area contributed by atoms with Crippen LogP contribution in [-0.2, 0) is 6.42 Å². The summed E-state index contributed by atoms with van der Waals surface area (Å²) in [5.41, 5.74) is 2.14. The number of aryl methyl sites for hydroxylation is 2. The number of phenols is 2. The molecule has 1 rings (SSSR count). The van der Waals surface area contributed by atoms with Crippen molar-refractivity contribution in [3.05, 3.63) is 23.3 Å². The molecule has 0 fully saturated rings. The minimum absolute atomic E-state index is 0.0240. The van der Waals surface area contributed by atoms with Gasteiger partial charge in [-0.15, -0.1) is 0 Å². The van der Waals surface area contributed by atoms with Crippen molar-refractivity contribution in [3.8, 4) is 11.5 Å². The van der Waals surface area contributed by atoms with Crippen molar-refractivity contribution in [1.29, 1.82) is 0 Å². The summed E-state index contributed by atoms with van der Waals surface area (Å²) in [6.45, 7) is 4.02. The van der Waals surface area contributed by atoms with Gasteiger partial charge in [-0.05, 0) is 36.6 Å². The molecule has 1 aromatic carbocycles. The molecule has 0 saturated carbocycles. The first kappa shape index (κ1) is 8.91. The van der Waals surface area contributed by atoms with E-state index in [2.05, 4.69) is 6.92 Å². The lowest BCUT2D eigenvalue weighted by molar-refractivity contribution is 0.402. The van der Waals surface area contributed by atoms with E-state index in [4.69, 9.17) is 5.11 Å². The topological polar surface area (TPSA) is 40.5 Å². The fourth-order valence-electron chi connectivity index (χ4n) is 1.26. The average Bonchev–Trinajstić information content (AvgIpc) is 2.01. The van der Waals surface area contributed by atoms with Gasteiger partial charge < -0.3 is 10.2 Å². The second-order valence-electron chi connectivity index (χ2n) is 3.02. The molecule has 0 amide bonds. The summed E-state index contributed by atoms with van der Waals surface area (Å²) in [6.07, 6.45) is 1.99. The highest BCUT2D eigenvalue weighted by atomic mass is 16.3. The summed E-state index contributed by atoms with van der Waals surface area (Å²) in [4.78, 5) is 0. The van der Waals surface area contributed by atoms with Crippen LogP contribution in [0, 0.1) is 6.92 Å². The maximum atomic E-state index is 9.20. The molecule has 2 nitrogen and oxygen atoms in total. The predicted octanol–water partition coefficient (Wildman–Crippen LogP) is 2.36. The first-order valence-electron chi connectivity index (χ1n) is 4.16. The Morgan fingerprint density at radius 1 is 1.17 bits per heavy atom.